The molecule has 5 rings (SSSR count). The Kier molecular flexibility index (Phi) is 6.32. The van der Waals surface area contributed by atoms with Crippen molar-refractivity contribution in [1.82, 2.24) is 10.2 Å². The number of para-hydroxylation sites is 1. The lowest BCUT2D eigenvalue weighted by Gasteiger charge is -2.40. The number of anilines is 1. The molecule has 184 valence electrons. The van der Waals surface area contributed by atoms with Gasteiger partial charge >= 0.3 is 0 Å². The van der Waals surface area contributed by atoms with Gasteiger partial charge in [0.25, 0.3) is 0 Å². The molecule has 2 aromatic carbocycles. The maximum atomic E-state index is 14.2. The van der Waals surface area contributed by atoms with Crippen molar-refractivity contribution in [3.05, 3.63) is 65.2 Å². The van der Waals surface area contributed by atoms with Crippen molar-refractivity contribution in [1.29, 1.82) is 0 Å². The third-order valence-corrected chi connectivity index (χ3v) is 10.2. The van der Waals surface area contributed by atoms with Gasteiger partial charge in [0.15, 0.2) is 0 Å². The highest BCUT2D eigenvalue weighted by molar-refractivity contribution is 8.02. The van der Waals surface area contributed by atoms with E-state index in [1.807, 2.05) is 30.3 Å². The fraction of sp³-hybridized carbons (Fsp3) is 0.423. The molecule has 0 saturated carbocycles. The molecule has 3 fully saturated rings. The Morgan fingerprint density at radius 1 is 1.17 bits per heavy atom. The summed E-state index contributed by atoms with van der Waals surface area (Å²) in [6.07, 6.45) is 0.741. The molecule has 3 aliphatic heterocycles. The first-order valence-corrected chi connectivity index (χ1v) is 13.0. The number of likely N-dealkylation sites (tertiary alicyclic amines) is 1. The van der Waals surface area contributed by atoms with E-state index in [2.05, 4.69) is 17.6 Å². The SMILES string of the molecule is CNC(=O)[C@@H]1[C@@H]2CC(C)C3(S2)C(C(=O)Nc2ccccc2Cl)N([C@H](CO)c2ccccc2)C(=O)[C@H]13. The lowest BCUT2D eigenvalue weighted by molar-refractivity contribution is -0.142. The van der Waals surface area contributed by atoms with Crippen LogP contribution >= 0.6 is 23.4 Å². The number of thioether (sulfide) groups is 1. The lowest BCUT2D eigenvalue weighted by atomic mass is 9.66. The van der Waals surface area contributed by atoms with E-state index in [4.69, 9.17) is 11.6 Å². The number of aliphatic hydroxyl groups is 1. The van der Waals surface area contributed by atoms with Crippen molar-refractivity contribution in [2.24, 2.45) is 17.8 Å². The predicted octanol–water partition coefficient (Wildman–Crippen LogP) is 3.10. The van der Waals surface area contributed by atoms with E-state index in [1.165, 1.54) is 4.90 Å². The third kappa shape index (κ3) is 3.57. The van der Waals surface area contributed by atoms with Crippen LogP contribution in [0.5, 0.6) is 0 Å². The zero-order chi connectivity index (χ0) is 24.9. The van der Waals surface area contributed by atoms with Crippen LogP contribution in [0.4, 0.5) is 5.69 Å². The van der Waals surface area contributed by atoms with E-state index in [1.54, 1.807) is 43.1 Å². The highest BCUT2D eigenvalue weighted by atomic mass is 35.5. The molecule has 35 heavy (non-hydrogen) atoms. The monoisotopic (exact) mass is 513 g/mol. The van der Waals surface area contributed by atoms with Gasteiger partial charge in [-0.1, -0.05) is 61.0 Å². The Bertz CT molecular complexity index is 1160. The highest BCUT2D eigenvalue weighted by Gasteiger charge is 2.76. The Morgan fingerprint density at radius 2 is 1.86 bits per heavy atom. The second kappa shape index (κ2) is 9.15. The summed E-state index contributed by atoms with van der Waals surface area (Å²) in [5.41, 5.74) is 1.19. The number of hydrogen-bond donors (Lipinski definition) is 3. The Hall–Kier alpha value is -2.55. The molecule has 1 spiro atoms. The fourth-order valence-corrected chi connectivity index (χ4v) is 8.95. The second-order valence-corrected chi connectivity index (χ2v) is 11.4. The number of aliphatic hydroxyl groups excluding tert-OH is 1. The maximum absolute atomic E-state index is 14.2. The summed E-state index contributed by atoms with van der Waals surface area (Å²) in [5.74, 6) is -1.95. The van der Waals surface area contributed by atoms with Crippen LogP contribution in [-0.2, 0) is 14.4 Å². The fourth-order valence-electron chi connectivity index (χ4n) is 6.35. The van der Waals surface area contributed by atoms with Gasteiger partial charge in [0, 0.05) is 12.3 Å². The van der Waals surface area contributed by atoms with Gasteiger partial charge in [-0.05, 0) is 30.0 Å². The van der Waals surface area contributed by atoms with Gasteiger partial charge in [0.05, 0.1) is 39.9 Å². The van der Waals surface area contributed by atoms with E-state index in [0.29, 0.717) is 10.7 Å². The van der Waals surface area contributed by atoms with Crippen LogP contribution < -0.4 is 10.6 Å². The molecule has 3 amide bonds. The molecule has 2 bridgehead atoms. The van der Waals surface area contributed by atoms with Crippen molar-refractivity contribution < 1.29 is 19.5 Å². The Balaban J connectivity index is 1.64. The zero-order valence-corrected chi connectivity index (χ0v) is 21.1. The molecule has 3 aliphatic rings. The van der Waals surface area contributed by atoms with Gasteiger partial charge in [0.1, 0.15) is 6.04 Å². The van der Waals surface area contributed by atoms with E-state index in [9.17, 15) is 19.5 Å². The van der Waals surface area contributed by atoms with Gasteiger partial charge in [-0.3, -0.25) is 14.4 Å². The summed E-state index contributed by atoms with van der Waals surface area (Å²) in [6.45, 7) is 1.71. The molecule has 7 atom stereocenters. The number of benzene rings is 2. The van der Waals surface area contributed by atoms with Crippen molar-refractivity contribution in [3.63, 3.8) is 0 Å². The van der Waals surface area contributed by atoms with E-state index in [0.717, 1.165) is 12.0 Å². The first-order chi connectivity index (χ1) is 16.8. The van der Waals surface area contributed by atoms with Crippen LogP contribution in [0.1, 0.15) is 24.9 Å². The number of fused-ring (bicyclic) bond motifs is 1. The largest absolute Gasteiger partial charge is 0.394 e. The van der Waals surface area contributed by atoms with Crippen LogP contribution in [0.15, 0.2) is 54.6 Å². The molecule has 0 radical (unpaired) electrons. The number of nitrogens with one attached hydrogen (secondary N) is 2. The molecule has 2 aromatic rings. The first kappa shape index (κ1) is 24.2. The van der Waals surface area contributed by atoms with Crippen molar-refractivity contribution in [2.45, 2.75) is 35.4 Å². The lowest BCUT2D eigenvalue weighted by Crippen LogP contribution is -2.55. The molecular weight excluding hydrogens is 486 g/mol. The quantitative estimate of drug-likeness (QED) is 0.551. The minimum Gasteiger partial charge on any atom is -0.394 e. The van der Waals surface area contributed by atoms with Crippen LogP contribution in [0, 0.1) is 17.8 Å². The van der Waals surface area contributed by atoms with Gasteiger partial charge < -0.3 is 20.6 Å². The number of hydrogen-bond acceptors (Lipinski definition) is 5. The Morgan fingerprint density at radius 3 is 2.51 bits per heavy atom. The first-order valence-electron chi connectivity index (χ1n) is 11.8. The van der Waals surface area contributed by atoms with Gasteiger partial charge in [-0.15, -0.1) is 11.8 Å². The molecule has 0 aromatic heterocycles. The topological polar surface area (TPSA) is 98.7 Å². The highest BCUT2D eigenvalue weighted by Crippen LogP contribution is 2.69. The van der Waals surface area contributed by atoms with Crippen molar-refractivity contribution in [3.8, 4) is 0 Å². The second-order valence-electron chi connectivity index (χ2n) is 9.49. The summed E-state index contributed by atoms with van der Waals surface area (Å²) in [7, 11) is 1.58. The number of amides is 3. The number of halogens is 1. The summed E-state index contributed by atoms with van der Waals surface area (Å²) >= 11 is 7.93. The van der Waals surface area contributed by atoms with Crippen molar-refractivity contribution >= 4 is 46.8 Å². The smallest absolute Gasteiger partial charge is 0.248 e. The summed E-state index contributed by atoms with van der Waals surface area (Å²) in [6, 6.07) is 14.6. The predicted molar refractivity (Wildman–Crippen MR) is 136 cm³/mol. The zero-order valence-electron chi connectivity index (χ0n) is 19.5. The van der Waals surface area contributed by atoms with Crippen LogP contribution in [-0.4, -0.2) is 57.4 Å². The molecule has 3 unspecified atom stereocenters. The summed E-state index contributed by atoms with van der Waals surface area (Å²) in [4.78, 5) is 42.7. The van der Waals surface area contributed by atoms with E-state index < -0.39 is 28.7 Å². The van der Waals surface area contributed by atoms with Crippen LogP contribution in [0.3, 0.4) is 0 Å². The summed E-state index contributed by atoms with van der Waals surface area (Å²) < 4.78 is -0.785. The Labute approximate surface area is 213 Å². The van der Waals surface area contributed by atoms with Gasteiger partial charge in [-0.2, -0.15) is 0 Å². The number of rotatable bonds is 6. The molecule has 3 N–H and O–H groups in total. The average Bonchev–Trinajstić information content (AvgIpc) is 3.45. The minimum absolute atomic E-state index is 0.0227. The van der Waals surface area contributed by atoms with Crippen LogP contribution in [0.25, 0.3) is 0 Å². The minimum atomic E-state index is -0.881. The van der Waals surface area contributed by atoms with Crippen molar-refractivity contribution in [2.75, 3.05) is 19.0 Å². The average molecular weight is 514 g/mol. The normalized spacial score (nSPS) is 31.8. The number of nitrogens with zero attached hydrogens (tertiary/aromatic N) is 1. The van der Waals surface area contributed by atoms with E-state index >= 15 is 0 Å². The molecule has 7 nitrogen and oxygen atoms in total. The summed E-state index contributed by atoms with van der Waals surface area (Å²) in [5, 5.41) is 16.5. The van der Waals surface area contributed by atoms with E-state index in [-0.39, 0.29) is 35.5 Å². The molecular formula is C26H28ClN3O4S. The number of carbonyl (C=O) groups excluding carboxylic acids is 3. The standard InChI is InChI=1S/C26H28ClN3O4S/c1-14-12-19-20(23(32)28-2)21-25(34)30(18(13-31)15-8-4-3-5-9-15)22(26(14,21)35-19)24(33)29-17-11-7-6-10-16(17)27/h3-11,14,18-22,31H,12-13H2,1-2H3,(H,28,32)(H,29,33)/t14?,18-,19+,20-,21+,22?,26?/m1/s1. The maximum Gasteiger partial charge on any atom is 0.248 e. The molecule has 3 saturated heterocycles. The number of carbonyl (C=O) groups is 3. The molecule has 0 aliphatic carbocycles. The molecule has 9 heteroatoms. The van der Waals surface area contributed by atoms with Gasteiger partial charge in [0.2, 0.25) is 17.7 Å². The van der Waals surface area contributed by atoms with Gasteiger partial charge in [-0.25, -0.2) is 0 Å². The van der Waals surface area contributed by atoms with Crippen LogP contribution in [0.2, 0.25) is 5.02 Å². The third-order valence-electron chi connectivity index (χ3n) is 7.81. The molecule has 3 heterocycles.